The van der Waals surface area contributed by atoms with Crippen molar-refractivity contribution in [2.24, 2.45) is 0 Å². The SMILES string of the molecule is CCN(CC)C(CNCC(=O)c1oc2ccc(F)cc2c1C)c1cccs1. The lowest BCUT2D eigenvalue weighted by atomic mass is 10.1. The number of rotatable bonds is 9. The number of hydrogen-bond donors (Lipinski definition) is 1. The molecule has 0 aliphatic heterocycles. The quantitative estimate of drug-likeness (QED) is 0.535. The van der Waals surface area contributed by atoms with Crippen molar-refractivity contribution >= 4 is 28.1 Å². The molecule has 0 spiro atoms. The molecule has 0 radical (unpaired) electrons. The van der Waals surface area contributed by atoms with Crippen LogP contribution in [0, 0.1) is 12.7 Å². The Morgan fingerprint density at radius 3 is 2.74 bits per heavy atom. The van der Waals surface area contributed by atoms with E-state index in [1.165, 1.54) is 17.0 Å². The maximum absolute atomic E-state index is 13.5. The molecule has 4 nitrogen and oxygen atoms in total. The van der Waals surface area contributed by atoms with E-state index in [0.29, 0.717) is 28.8 Å². The number of nitrogens with one attached hydrogen (secondary N) is 1. The first-order valence-electron chi connectivity index (χ1n) is 9.25. The first-order valence-corrected chi connectivity index (χ1v) is 10.1. The number of carbonyl (C=O) groups excluding carboxylic acids is 1. The predicted molar refractivity (Wildman–Crippen MR) is 108 cm³/mol. The molecule has 3 aromatic rings. The topological polar surface area (TPSA) is 45.5 Å². The van der Waals surface area contributed by atoms with Crippen LogP contribution in [0.5, 0.6) is 0 Å². The van der Waals surface area contributed by atoms with Gasteiger partial charge in [0.15, 0.2) is 5.76 Å². The van der Waals surface area contributed by atoms with Gasteiger partial charge >= 0.3 is 0 Å². The minimum Gasteiger partial charge on any atom is -0.453 e. The van der Waals surface area contributed by atoms with E-state index < -0.39 is 0 Å². The number of likely N-dealkylation sites (N-methyl/N-ethyl adjacent to an activating group) is 1. The average molecular weight is 389 g/mol. The number of nitrogens with zero attached hydrogens (tertiary/aromatic N) is 1. The zero-order valence-corrected chi connectivity index (χ0v) is 16.7. The number of hydrogen-bond acceptors (Lipinski definition) is 5. The van der Waals surface area contributed by atoms with Crippen LogP contribution in [0.25, 0.3) is 11.0 Å². The maximum atomic E-state index is 13.5. The summed E-state index contributed by atoms with van der Waals surface area (Å²) in [5, 5.41) is 6.01. The highest BCUT2D eigenvalue weighted by Crippen LogP contribution is 2.27. The van der Waals surface area contributed by atoms with Crippen molar-refractivity contribution < 1.29 is 13.6 Å². The van der Waals surface area contributed by atoms with Gasteiger partial charge in [0, 0.05) is 22.4 Å². The van der Waals surface area contributed by atoms with E-state index in [-0.39, 0.29) is 24.2 Å². The first kappa shape index (κ1) is 19.7. The molecule has 0 amide bonds. The van der Waals surface area contributed by atoms with E-state index in [2.05, 4.69) is 41.6 Å². The fraction of sp³-hybridized carbons (Fsp3) is 0.381. The van der Waals surface area contributed by atoms with Crippen molar-refractivity contribution in [2.45, 2.75) is 26.8 Å². The number of halogens is 1. The lowest BCUT2D eigenvalue weighted by Crippen LogP contribution is -2.37. The van der Waals surface area contributed by atoms with Crippen LogP contribution < -0.4 is 5.32 Å². The van der Waals surface area contributed by atoms with Gasteiger partial charge in [-0.3, -0.25) is 9.69 Å². The van der Waals surface area contributed by atoms with Crippen LogP contribution in [-0.4, -0.2) is 36.9 Å². The van der Waals surface area contributed by atoms with Crippen LogP contribution in [-0.2, 0) is 0 Å². The normalized spacial score (nSPS) is 12.8. The highest BCUT2D eigenvalue weighted by atomic mass is 32.1. The third-order valence-corrected chi connectivity index (χ3v) is 5.87. The molecular weight excluding hydrogens is 363 g/mol. The van der Waals surface area contributed by atoms with Crippen molar-refractivity contribution in [1.29, 1.82) is 0 Å². The van der Waals surface area contributed by atoms with Crippen molar-refractivity contribution in [2.75, 3.05) is 26.2 Å². The van der Waals surface area contributed by atoms with Gasteiger partial charge in [0.25, 0.3) is 0 Å². The number of thiophene rings is 1. The first-order chi connectivity index (χ1) is 13.0. The Balaban J connectivity index is 1.69. The number of Topliss-reactive ketones (excluding diaryl/α,β-unsaturated/α-hetero) is 1. The standard InChI is InChI=1S/C21H25FN2O2S/c1-4-24(5-2)17(20-7-6-10-27-20)12-23-13-18(25)21-14(3)16-11-15(22)8-9-19(16)26-21/h6-11,17,23H,4-5,12-13H2,1-3H3. The molecule has 2 aromatic heterocycles. The molecule has 0 aliphatic carbocycles. The van der Waals surface area contributed by atoms with E-state index in [0.717, 1.165) is 13.1 Å². The summed E-state index contributed by atoms with van der Waals surface area (Å²) in [5.74, 6) is -0.145. The Morgan fingerprint density at radius 1 is 1.30 bits per heavy atom. The number of ketones is 1. The van der Waals surface area contributed by atoms with E-state index in [9.17, 15) is 9.18 Å². The summed E-state index contributed by atoms with van der Waals surface area (Å²) in [6.07, 6.45) is 0. The van der Waals surface area contributed by atoms with Crippen molar-refractivity contribution in [3.05, 3.63) is 57.7 Å². The molecule has 0 bridgehead atoms. The Morgan fingerprint density at radius 2 is 2.07 bits per heavy atom. The Bertz CT molecular complexity index is 900. The van der Waals surface area contributed by atoms with Gasteiger partial charge in [0.05, 0.1) is 12.6 Å². The zero-order valence-electron chi connectivity index (χ0n) is 15.9. The Labute approximate surface area is 163 Å². The number of carbonyl (C=O) groups is 1. The molecule has 0 aliphatic rings. The molecule has 6 heteroatoms. The van der Waals surface area contributed by atoms with Crippen LogP contribution in [0.4, 0.5) is 4.39 Å². The second kappa shape index (κ2) is 8.78. The van der Waals surface area contributed by atoms with Crippen LogP contribution in [0.2, 0.25) is 0 Å². The summed E-state index contributed by atoms with van der Waals surface area (Å²) < 4.78 is 19.1. The van der Waals surface area contributed by atoms with Gasteiger partial charge in [-0.25, -0.2) is 4.39 Å². The molecular formula is C21H25FN2O2S. The molecule has 0 saturated heterocycles. The van der Waals surface area contributed by atoms with Crippen molar-refractivity contribution in [3.8, 4) is 0 Å². The molecule has 144 valence electrons. The summed E-state index contributed by atoms with van der Waals surface area (Å²) in [4.78, 5) is 16.3. The summed E-state index contributed by atoms with van der Waals surface area (Å²) in [7, 11) is 0. The summed E-state index contributed by atoms with van der Waals surface area (Å²) >= 11 is 1.73. The minimum absolute atomic E-state index is 0.117. The molecule has 0 fully saturated rings. The highest BCUT2D eigenvalue weighted by Gasteiger charge is 2.21. The van der Waals surface area contributed by atoms with Crippen LogP contribution in [0.15, 0.2) is 40.1 Å². The smallest absolute Gasteiger partial charge is 0.212 e. The number of aryl methyl sites for hydroxylation is 1. The number of furan rings is 1. The van der Waals surface area contributed by atoms with Gasteiger partial charge < -0.3 is 9.73 Å². The summed E-state index contributed by atoms with van der Waals surface area (Å²) in [6.45, 7) is 8.85. The van der Waals surface area contributed by atoms with E-state index in [1.807, 2.05) is 0 Å². The highest BCUT2D eigenvalue weighted by molar-refractivity contribution is 7.10. The third-order valence-electron chi connectivity index (χ3n) is 4.90. The van der Waals surface area contributed by atoms with Crippen molar-refractivity contribution in [3.63, 3.8) is 0 Å². The van der Waals surface area contributed by atoms with Crippen LogP contribution in [0.1, 0.15) is 40.9 Å². The Hall–Kier alpha value is -2.02. The van der Waals surface area contributed by atoms with Gasteiger partial charge in [0.1, 0.15) is 11.4 Å². The lowest BCUT2D eigenvalue weighted by Gasteiger charge is -2.29. The molecule has 1 N–H and O–H groups in total. The second-order valence-corrected chi connectivity index (χ2v) is 7.48. The predicted octanol–water partition coefficient (Wildman–Crippen LogP) is 4.80. The number of benzene rings is 1. The van der Waals surface area contributed by atoms with Gasteiger partial charge in [-0.15, -0.1) is 11.3 Å². The molecule has 3 rings (SSSR count). The molecule has 2 heterocycles. The monoisotopic (exact) mass is 388 g/mol. The van der Waals surface area contributed by atoms with Gasteiger partial charge in [-0.1, -0.05) is 19.9 Å². The van der Waals surface area contributed by atoms with E-state index in [1.54, 1.807) is 24.3 Å². The molecule has 27 heavy (non-hydrogen) atoms. The largest absolute Gasteiger partial charge is 0.453 e. The summed E-state index contributed by atoms with van der Waals surface area (Å²) in [6, 6.07) is 8.74. The van der Waals surface area contributed by atoms with Gasteiger partial charge in [-0.2, -0.15) is 0 Å². The van der Waals surface area contributed by atoms with Gasteiger partial charge in [0.2, 0.25) is 5.78 Å². The lowest BCUT2D eigenvalue weighted by molar-refractivity contribution is 0.0962. The van der Waals surface area contributed by atoms with E-state index in [4.69, 9.17) is 4.42 Å². The fourth-order valence-corrected chi connectivity index (χ4v) is 4.28. The second-order valence-electron chi connectivity index (χ2n) is 6.50. The minimum atomic E-state index is -0.332. The van der Waals surface area contributed by atoms with Crippen LogP contribution >= 0.6 is 11.3 Å². The molecule has 1 aromatic carbocycles. The maximum Gasteiger partial charge on any atom is 0.212 e. The zero-order chi connectivity index (χ0) is 19.4. The molecule has 0 saturated carbocycles. The van der Waals surface area contributed by atoms with Crippen molar-refractivity contribution in [1.82, 2.24) is 10.2 Å². The number of fused-ring (bicyclic) bond motifs is 1. The molecule has 1 atom stereocenters. The van der Waals surface area contributed by atoms with E-state index >= 15 is 0 Å². The Kier molecular flexibility index (Phi) is 6.42. The van der Waals surface area contributed by atoms with Crippen LogP contribution in [0.3, 0.4) is 0 Å². The summed E-state index contributed by atoms with van der Waals surface area (Å²) in [5.41, 5.74) is 1.23. The van der Waals surface area contributed by atoms with Gasteiger partial charge in [-0.05, 0) is 49.7 Å². The third kappa shape index (κ3) is 4.29. The fourth-order valence-electron chi connectivity index (χ4n) is 3.42. The molecule has 1 unspecified atom stereocenters. The average Bonchev–Trinajstić information content (AvgIpc) is 3.30.